The van der Waals surface area contributed by atoms with Crippen molar-refractivity contribution in [3.05, 3.63) is 169 Å². The highest BCUT2D eigenvalue weighted by Crippen LogP contribution is 2.51. The van der Waals surface area contributed by atoms with Crippen LogP contribution in [-0.4, -0.2) is 15.0 Å². The summed E-state index contributed by atoms with van der Waals surface area (Å²) in [5.41, 5.74) is 7.61. The van der Waals surface area contributed by atoms with Gasteiger partial charge in [-0.1, -0.05) is 123 Å². The Hall–Kier alpha value is -6.27. The largest absolute Gasteiger partial charge is 0.453 e. The number of hydrogen-bond donors (Lipinski definition) is 0. The van der Waals surface area contributed by atoms with Crippen LogP contribution in [0.15, 0.2) is 158 Å². The minimum atomic E-state index is -0.112. The average molecular weight is 625 g/mol. The summed E-state index contributed by atoms with van der Waals surface area (Å²) >= 11 is 0. The van der Waals surface area contributed by atoms with Crippen molar-refractivity contribution in [1.29, 1.82) is 0 Å². The van der Waals surface area contributed by atoms with E-state index in [9.17, 15) is 0 Å². The van der Waals surface area contributed by atoms with E-state index in [2.05, 4.69) is 89.4 Å². The zero-order chi connectivity index (χ0) is 32.5. The Bertz CT molecular complexity index is 2110. The molecule has 0 N–H and O–H groups in total. The zero-order valence-corrected chi connectivity index (χ0v) is 26.6. The predicted molar refractivity (Wildman–Crippen MR) is 191 cm³/mol. The van der Waals surface area contributed by atoms with Gasteiger partial charge >= 0.3 is 6.01 Å². The lowest BCUT2D eigenvalue weighted by Crippen LogP contribution is -2.30. The molecule has 6 nitrogen and oxygen atoms in total. The van der Waals surface area contributed by atoms with Crippen LogP contribution in [0, 0.1) is 0 Å². The molecule has 7 aromatic rings. The topological polar surface area (TPSA) is 60.4 Å². The third-order valence-electron chi connectivity index (χ3n) is 8.69. The van der Waals surface area contributed by atoms with Gasteiger partial charge in [0.05, 0.1) is 11.4 Å². The van der Waals surface area contributed by atoms with Gasteiger partial charge in [0.25, 0.3) is 0 Å². The minimum absolute atomic E-state index is 0.112. The molecule has 232 valence electrons. The van der Waals surface area contributed by atoms with Crippen LogP contribution in [0.1, 0.15) is 25.0 Å². The second kappa shape index (κ2) is 12.2. The van der Waals surface area contributed by atoms with E-state index >= 15 is 0 Å². The molecule has 0 atom stereocenters. The number of benzene rings is 6. The fourth-order valence-electron chi connectivity index (χ4n) is 6.29. The van der Waals surface area contributed by atoms with Gasteiger partial charge in [0.15, 0.2) is 23.1 Å². The van der Waals surface area contributed by atoms with Crippen molar-refractivity contribution in [2.75, 3.05) is 4.90 Å². The highest BCUT2D eigenvalue weighted by Gasteiger charge is 2.36. The number of fused-ring (bicyclic) bond motifs is 2. The highest BCUT2D eigenvalue weighted by molar-refractivity contribution is 5.85. The summed E-state index contributed by atoms with van der Waals surface area (Å²) in [6, 6.07) is 52.8. The molecule has 1 aliphatic rings. The van der Waals surface area contributed by atoms with Crippen molar-refractivity contribution in [2.24, 2.45) is 0 Å². The van der Waals surface area contributed by atoms with Crippen LogP contribution in [0.4, 0.5) is 17.1 Å². The van der Waals surface area contributed by atoms with E-state index in [1.807, 2.05) is 97.1 Å². The van der Waals surface area contributed by atoms with E-state index < -0.39 is 0 Å². The summed E-state index contributed by atoms with van der Waals surface area (Å²) in [6.07, 6.45) is 0. The van der Waals surface area contributed by atoms with Gasteiger partial charge in [-0.3, -0.25) is 0 Å². The first-order chi connectivity index (χ1) is 23.5. The highest BCUT2D eigenvalue weighted by atomic mass is 16.5. The third kappa shape index (κ3) is 5.43. The molecule has 0 aliphatic carbocycles. The average Bonchev–Trinajstić information content (AvgIpc) is 3.14. The molecule has 0 saturated carbocycles. The summed E-state index contributed by atoms with van der Waals surface area (Å²) in [5.74, 6) is 2.77. The molecule has 1 aliphatic heterocycles. The minimum Gasteiger partial charge on any atom is -0.453 e. The molecule has 8 rings (SSSR count). The molecule has 0 bridgehead atoms. The second-order valence-corrected chi connectivity index (χ2v) is 12.1. The van der Waals surface area contributed by atoms with Gasteiger partial charge < -0.3 is 14.4 Å². The van der Waals surface area contributed by atoms with E-state index in [0.717, 1.165) is 16.8 Å². The normalized spacial score (nSPS) is 12.9. The third-order valence-corrected chi connectivity index (χ3v) is 8.69. The Kier molecular flexibility index (Phi) is 7.38. The van der Waals surface area contributed by atoms with Crippen LogP contribution in [-0.2, 0) is 5.41 Å². The molecule has 48 heavy (non-hydrogen) atoms. The number of ether oxygens (including phenoxy) is 2. The molecule has 6 aromatic carbocycles. The molecule has 0 saturated heterocycles. The van der Waals surface area contributed by atoms with E-state index in [4.69, 9.17) is 14.5 Å². The van der Waals surface area contributed by atoms with Crippen molar-refractivity contribution < 1.29 is 9.47 Å². The molecule has 1 aromatic heterocycles. The van der Waals surface area contributed by atoms with Crippen molar-refractivity contribution in [2.45, 2.75) is 19.3 Å². The standard InChI is InChI=1S/C42H32N4O2/c1-42(2)33-19-9-11-21-35(33)46(36-22-12-10-20-34(36)42)31-25-27-32(28-26-31)47-37-23-13-14-24-38(37)48-41-44-39(29-15-5-3-6-16-29)43-40(45-41)30-17-7-4-8-18-30/h3-28H,1-2H3. The van der Waals surface area contributed by atoms with Gasteiger partial charge in [0.2, 0.25) is 0 Å². The maximum absolute atomic E-state index is 6.41. The van der Waals surface area contributed by atoms with Crippen LogP contribution in [0.25, 0.3) is 22.8 Å². The van der Waals surface area contributed by atoms with E-state index in [0.29, 0.717) is 28.9 Å². The van der Waals surface area contributed by atoms with E-state index in [1.165, 1.54) is 22.5 Å². The Balaban J connectivity index is 1.10. The Morgan fingerprint density at radius 2 is 0.917 bits per heavy atom. The molecule has 2 heterocycles. The maximum Gasteiger partial charge on any atom is 0.326 e. The number of anilines is 3. The van der Waals surface area contributed by atoms with Gasteiger partial charge in [-0.25, -0.2) is 4.98 Å². The molecule has 0 radical (unpaired) electrons. The number of para-hydroxylation sites is 4. The first kappa shape index (κ1) is 29.2. The zero-order valence-electron chi connectivity index (χ0n) is 26.6. The monoisotopic (exact) mass is 624 g/mol. The van der Waals surface area contributed by atoms with Gasteiger partial charge in [0, 0.05) is 22.2 Å². The molecule has 0 fully saturated rings. The van der Waals surface area contributed by atoms with Crippen LogP contribution >= 0.6 is 0 Å². The fourth-order valence-corrected chi connectivity index (χ4v) is 6.29. The van der Waals surface area contributed by atoms with Crippen LogP contribution in [0.2, 0.25) is 0 Å². The van der Waals surface area contributed by atoms with E-state index in [1.54, 1.807) is 0 Å². The number of rotatable bonds is 7. The first-order valence-corrected chi connectivity index (χ1v) is 16.0. The molecule has 0 unspecified atom stereocenters. The van der Waals surface area contributed by atoms with Crippen molar-refractivity contribution in [3.8, 4) is 46.0 Å². The molecular formula is C42H32N4O2. The van der Waals surface area contributed by atoms with E-state index in [-0.39, 0.29) is 11.4 Å². The summed E-state index contributed by atoms with van der Waals surface area (Å²) in [6.45, 7) is 4.58. The number of nitrogens with zero attached hydrogens (tertiary/aromatic N) is 4. The molecule has 0 amide bonds. The smallest absolute Gasteiger partial charge is 0.326 e. The number of aromatic nitrogens is 3. The summed E-state index contributed by atoms with van der Waals surface area (Å²) in [4.78, 5) is 16.4. The molecule has 0 spiro atoms. The van der Waals surface area contributed by atoms with Crippen molar-refractivity contribution >= 4 is 17.1 Å². The first-order valence-electron chi connectivity index (χ1n) is 16.0. The Morgan fingerprint density at radius 3 is 1.46 bits per heavy atom. The molecular weight excluding hydrogens is 592 g/mol. The second-order valence-electron chi connectivity index (χ2n) is 12.1. The quantitative estimate of drug-likeness (QED) is 0.176. The summed E-state index contributed by atoms with van der Waals surface area (Å²) < 4.78 is 12.7. The van der Waals surface area contributed by atoms with Crippen LogP contribution < -0.4 is 14.4 Å². The van der Waals surface area contributed by atoms with Crippen molar-refractivity contribution in [3.63, 3.8) is 0 Å². The van der Waals surface area contributed by atoms with Crippen LogP contribution in [0.5, 0.6) is 23.3 Å². The Morgan fingerprint density at radius 1 is 0.458 bits per heavy atom. The fraction of sp³-hybridized carbons (Fsp3) is 0.0714. The Labute approximate surface area is 280 Å². The van der Waals surface area contributed by atoms with Gasteiger partial charge in [-0.15, -0.1) is 0 Å². The van der Waals surface area contributed by atoms with Crippen molar-refractivity contribution in [1.82, 2.24) is 15.0 Å². The predicted octanol–water partition coefficient (Wildman–Crippen LogP) is 10.9. The summed E-state index contributed by atoms with van der Waals surface area (Å²) in [5, 5.41) is 0. The maximum atomic E-state index is 6.41. The SMILES string of the molecule is CC1(C)c2ccccc2N(c2ccc(Oc3ccccc3Oc3nc(-c4ccccc4)nc(-c4ccccc4)n3)cc2)c2ccccc21. The summed E-state index contributed by atoms with van der Waals surface area (Å²) in [7, 11) is 0. The van der Waals surface area contributed by atoms with Crippen LogP contribution in [0.3, 0.4) is 0 Å². The lowest BCUT2D eigenvalue weighted by Gasteiger charge is -2.42. The lowest BCUT2D eigenvalue weighted by molar-refractivity contribution is 0.398. The van der Waals surface area contributed by atoms with Gasteiger partial charge in [-0.2, -0.15) is 9.97 Å². The van der Waals surface area contributed by atoms with Gasteiger partial charge in [0.1, 0.15) is 5.75 Å². The van der Waals surface area contributed by atoms with Gasteiger partial charge in [-0.05, 0) is 59.7 Å². The number of hydrogen-bond acceptors (Lipinski definition) is 6. The molecule has 6 heteroatoms. The lowest BCUT2D eigenvalue weighted by atomic mass is 9.73.